The number of aromatic nitrogens is 1. The Balaban J connectivity index is 1.48. The molecule has 6 heteroatoms. The van der Waals surface area contributed by atoms with Crippen LogP contribution in [0.15, 0.2) is 35.3 Å². The molecule has 0 spiro atoms. The highest BCUT2D eigenvalue weighted by atomic mass is 32.1. The van der Waals surface area contributed by atoms with E-state index in [2.05, 4.69) is 15.2 Å². The molecule has 2 aromatic rings. The lowest BCUT2D eigenvalue weighted by atomic mass is 9.86. The summed E-state index contributed by atoms with van der Waals surface area (Å²) in [6, 6.07) is 5.87. The van der Waals surface area contributed by atoms with E-state index in [0.29, 0.717) is 18.4 Å². The minimum atomic E-state index is -0.0695. The van der Waals surface area contributed by atoms with Crippen molar-refractivity contribution in [3.63, 3.8) is 0 Å². The maximum absolute atomic E-state index is 12.8. The molecule has 1 unspecified atom stereocenters. The maximum atomic E-state index is 12.8. The van der Waals surface area contributed by atoms with Crippen LogP contribution in [0.4, 0.5) is 10.8 Å². The van der Waals surface area contributed by atoms with Crippen LogP contribution in [0.2, 0.25) is 0 Å². The Labute approximate surface area is 156 Å². The molecule has 0 bridgehead atoms. The van der Waals surface area contributed by atoms with Gasteiger partial charge in [0.25, 0.3) is 0 Å². The summed E-state index contributed by atoms with van der Waals surface area (Å²) < 4.78 is 0. The summed E-state index contributed by atoms with van der Waals surface area (Å²) in [5.41, 5.74) is 3.26. The number of fused-ring (bicyclic) bond motifs is 1. The molecule has 1 aliphatic carbocycles. The van der Waals surface area contributed by atoms with Gasteiger partial charge >= 0.3 is 0 Å². The van der Waals surface area contributed by atoms with Gasteiger partial charge in [0, 0.05) is 50.2 Å². The topological polar surface area (TPSA) is 62.3 Å². The van der Waals surface area contributed by atoms with Crippen LogP contribution >= 0.6 is 11.3 Å². The number of hydrogen-bond acceptors (Lipinski definition) is 6. The number of carbonyl (C=O) groups is 2. The first-order valence-corrected chi connectivity index (χ1v) is 9.76. The van der Waals surface area contributed by atoms with Gasteiger partial charge in [-0.05, 0) is 35.6 Å². The lowest BCUT2D eigenvalue weighted by Gasteiger charge is -2.19. The van der Waals surface area contributed by atoms with Gasteiger partial charge in [0.1, 0.15) is 0 Å². The molecule has 1 saturated heterocycles. The van der Waals surface area contributed by atoms with E-state index < -0.39 is 0 Å². The van der Waals surface area contributed by atoms with Gasteiger partial charge in [-0.15, -0.1) is 11.3 Å². The predicted molar refractivity (Wildman–Crippen MR) is 105 cm³/mol. The summed E-state index contributed by atoms with van der Waals surface area (Å²) in [7, 11) is 1.85. The number of anilines is 2. The fourth-order valence-corrected chi connectivity index (χ4v) is 4.50. The highest BCUT2D eigenvalue weighted by molar-refractivity contribution is 7.13. The first-order chi connectivity index (χ1) is 12.7. The van der Waals surface area contributed by atoms with E-state index in [-0.39, 0.29) is 17.5 Å². The van der Waals surface area contributed by atoms with Gasteiger partial charge in [0.2, 0.25) is 0 Å². The van der Waals surface area contributed by atoms with Gasteiger partial charge in [-0.3, -0.25) is 9.59 Å². The molecule has 2 aliphatic rings. The third-order valence-electron chi connectivity index (χ3n) is 5.17. The lowest BCUT2D eigenvalue weighted by molar-refractivity contribution is -0.121. The average Bonchev–Trinajstić information content (AvgIpc) is 3.32. The Morgan fingerprint density at radius 2 is 2.31 bits per heavy atom. The van der Waals surface area contributed by atoms with Crippen molar-refractivity contribution >= 4 is 39.8 Å². The Kier molecular flexibility index (Phi) is 4.59. The van der Waals surface area contributed by atoms with E-state index in [1.807, 2.05) is 30.6 Å². The summed E-state index contributed by atoms with van der Waals surface area (Å²) in [6.07, 6.45) is 5.27. The van der Waals surface area contributed by atoms with E-state index in [9.17, 15) is 9.59 Å². The number of benzene rings is 1. The van der Waals surface area contributed by atoms with Gasteiger partial charge in [0.05, 0.1) is 5.57 Å². The molecule has 2 heterocycles. The zero-order chi connectivity index (χ0) is 18.1. The monoisotopic (exact) mass is 367 g/mol. The summed E-state index contributed by atoms with van der Waals surface area (Å²) >= 11 is 1.62. The van der Waals surface area contributed by atoms with Crippen LogP contribution in [0.1, 0.15) is 24.0 Å². The number of nitrogens with zero attached hydrogens (tertiary/aromatic N) is 2. The highest BCUT2D eigenvalue weighted by Crippen LogP contribution is 2.31. The molecule has 1 atom stereocenters. The molecule has 0 saturated carbocycles. The number of hydrogen-bond donors (Lipinski definition) is 1. The Morgan fingerprint density at radius 1 is 1.42 bits per heavy atom. The summed E-state index contributed by atoms with van der Waals surface area (Å²) in [5, 5.41) is 6.10. The molecule has 5 nitrogen and oxygen atoms in total. The second-order valence-corrected chi connectivity index (χ2v) is 7.70. The number of carbonyl (C=O) groups excluding carboxylic acids is 2. The molecular formula is C20H21N3O2S. The first kappa shape index (κ1) is 17.0. The first-order valence-electron chi connectivity index (χ1n) is 8.88. The van der Waals surface area contributed by atoms with Crippen molar-refractivity contribution in [3.8, 4) is 0 Å². The minimum Gasteiger partial charge on any atom is -0.388 e. The van der Waals surface area contributed by atoms with Crippen molar-refractivity contribution in [1.82, 2.24) is 4.98 Å². The molecule has 1 aromatic heterocycles. The van der Waals surface area contributed by atoms with Crippen molar-refractivity contribution in [2.75, 3.05) is 30.4 Å². The van der Waals surface area contributed by atoms with Crippen molar-refractivity contribution in [3.05, 3.63) is 46.5 Å². The molecule has 26 heavy (non-hydrogen) atoms. The van der Waals surface area contributed by atoms with Crippen LogP contribution in [0.3, 0.4) is 0 Å². The quantitative estimate of drug-likeness (QED) is 0.823. The zero-order valence-electron chi connectivity index (χ0n) is 14.7. The number of ketones is 2. The molecule has 1 fully saturated rings. The van der Waals surface area contributed by atoms with Crippen LogP contribution < -0.4 is 10.2 Å². The Morgan fingerprint density at radius 3 is 3.08 bits per heavy atom. The summed E-state index contributed by atoms with van der Waals surface area (Å²) in [5.74, 6) is 0.187. The second kappa shape index (κ2) is 7.03. The average molecular weight is 367 g/mol. The maximum Gasteiger partial charge on any atom is 0.185 e. The number of allylic oxidation sites excluding steroid dienone is 1. The number of thiazole rings is 1. The third kappa shape index (κ3) is 3.17. The molecule has 1 N–H and O–H groups in total. The van der Waals surface area contributed by atoms with E-state index in [1.54, 1.807) is 23.6 Å². The number of rotatable bonds is 5. The molecule has 1 aliphatic heterocycles. The lowest BCUT2D eigenvalue weighted by Crippen LogP contribution is -2.23. The second-order valence-electron chi connectivity index (χ2n) is 6.82. The van der Waals surface area contributed by atoms with Crippen LogP contribution in [0.5, 0.6) is 0 Å². The standard InChI is InChI=1S/C20H21N3O2S/c1-21-17-4-2-3-14-10-16(19(25)11-15(14)17)18(24)9-13-5-7-23(12-13)20-22-6-8-26-20/h2-4,6,8,10,13,21H,5,7,9,11-12H2,1H3. The third-order valence-corrected chi connectivity index (χ3v) is 6.00. The van der Waals surface area contributed by atoms with E-state index in [0.717, 1.165) is 41.5 Å². The summed E-state index contributed by atoms with van der Waals surface area (Å²) in [4.78, 5) is 31.9. The van der Waals surface area contributed by atoms with Gasteiger partial charge in [0.15, 0.2) is 16.7 Å². The Bertz CT molecular complexity index is 873. The van der Waals surface area contributed by atoms with Crippen molar-refractivity contribution in [2.45, 2.75) is 19.3 Å². The molecular weight excluding hydrogens is 346 g/mol. The van der Waals surface area contributed by atoms with Crippen molar-refractivity contribution < 1.29 is 9.59 Å². The Hall–Kier alpha value is -2.47. The predicted octanol–water partition coefficient (Wildman–Crippen LogP) is 3.18. The fraction of sp³-hybridized carbons (Fsp3) is 0.350. The smallest absolute Gasteiger partial charge is 0.185 e. The fourth-order valence-electron chi connectivity index (χ4n) is 3.82. The largest absolute Gasteiger partial charge is 0.388 e. The van der Waals surface area contributed by atoms with Crippen LogP contribution in [0, 0.1) is 5.92 Å². The minimum absolute atomic E-state index is 0.0264. The summed E-state index contributed by atoms with van der Waals surface area (Å²) in [6.45, 7) is 1.76. The van der Waals surface area contributed by atoms with Crippen molar-refractivity contribution in [2.24, 2.45) is 5.92 Å². The van der Waals surface area contributed by atoms with E-state index in [4.69, 9.17) is 0 Å². The molecule has 134 valence electrons. The molecule has 1 aromatic carbocycles. The van der Waals surface area contributed by atoms with Gasteiger partial charge in [-0.25, -0.2) is 4.98 Å². The molecule has 0 radical (unpaired) electrons. The van der Waals surface area contributed by atoms with Crippen molar-refractivity contribution in [1.29, 1.82) is 0 Å². The number of nitrogens with one attached hydrogen (secondary N) is 1. The molecule has 4 rings (SSSR count). The van der Waals surface area contributed by atoms with Crippen LogP contribution in [-0.2, 0) is 16.0 Å². The SMILES string of the molecule is CNc1cccc2c1CC(=O)C(C(=O)CC1CCN(c3nccs3)C1)=C2. The molecule has 0 amide bonds. The van der Waals surface area contributed by atoms with E-state index in [1.165, 1.54) is 0 Å². The van der Waals surface area contributed by atoms with Crippen LogP contribution in [0.25, 0.3) is 6.08 Å². The highest BCUT2D eigenvalue weighted by Gasteiger charge is 2.30. The van der Waals surface area contributed by atoms with Gasteiger partial charge in [-0.1, -0.05) is 12.1 Å². The normalized spacial score (nSPS) is 19.3. The van der Waals surface area contributed by atoms with Gasteiger partial charge < -0.3 is 10.2 Å². The number of Topliss-reactive ketones (excluding diaryl/α,β-unsaturated/α-hetero) is 2. The van der Waals surface area contributed by atoms with Crippen LogP contribution in [-0.4, -0.2) is 36.7 Å². The zero-order valence-corrected chi connectivity index (χ0v) is 15.5. The van der Waals surface area contributed by atoms with E-state index >= 15 is 0 Å². The van der Waals surface area contributed by atoms with Gasteiger partial charge in [-0.2, -0.15) is 0 Å².